The molecule has 6 heteroatoms. The summed E-state index contributed by atoms with van der Waals surface area (Å²) in [6.45, 7) is 5.58. The van der Waals surface area contributed by atoms with E-state index in [-0.39, 0.29) is 18.1 Å². The lowest BCUT2D eigenvalue weighted by Crippen LogP contribution is -2.32. The predicted octanol–water partition coefficient (Wildman–Crippen LogP) is 1.66. The number of hydrogen-bond donors (Lipinski definition) is 0. The summed E-state index contributed by atoms with van der Waals surface area (Å²) in [7, 11) is -3.06. The number of carbonyl (C=O) groups excluding carboxylic acids is 2. The van der Waals surface area contributed by atoms with Crippen LogP contribution in [0.3, 0.4) is 0 Å². The van der Waals surface area contributed by atoms with Crippen molar-refractivity contribution in [2.24, 2.45) is 0 Å². The summed E-state index contributed by atoms with van der Waals surface area (Å²) >= 11 is 0. The van der Waals surface area contributed by atoms with E-state index in [0.29, 0.717) is 17.7 Å². The molecule has 0 aromatic heterocycles. The van der Waals surface area contributed by atoms with E-state index in [9.17, 15) is 18.0 Å². The van der Waals surface area contributed by atoms with Gasteiger partial charge in [0.2, 0.25) is 0 Å². The number of hydrogen-bond acceptors (Lipinski definition) is 4. The zero-order valence-corrected chi connectivity index (χ0v) is 13.3. The summed E-state index contributed by atoms with van der Waals surface area (Å²) in [6, 6.07) is 3.63. The van der Waals surface area contributed by atoms with Gasteiger partial charge in [0.25, 0.3) is 11.7 Å². The molecule has 1 aliphatic rings. The molecule has 1 aliphatic heterocycles. The Morgan fingerprint density at radius 1 is 1.14 bits per heavy atom. The summed E-state index contributed by atoms with van der Waals surface area (Å²) in [5.74, 6) is -0.945. The lowest BCUT2D eigenvalue weighted by molar-refractivity contribution is -0.114. The third-order valence-electron chi connectivity index (χ3n) is 3.68. The normalized spacial score (nSPS) is 14.7. The number of amides is 1. The van der Waals surface area contributed by atoms with Crippen LogP contribution in [0, 0.1) is 13.8 Å². The Bertz CT molecular complexity index is 707. The topological polar surface area (TPSA) is 71.5 Å². The van der Waals surface area contributed by atoms with E-state index in [1.807, 2.05) is 19.9 Å². The van der Waals surface area contributed by atoms with E-state index in [2.05, 4.69) is 0 Å². The zero-order valence-electron chi connectivity index (χ0n) is 12.5. The van der Waals surface area contributed by atoms with Crippen molar-refractivity contribution in [3.63, 3.8) is 0 Å². The van der Waals surface area contributed by atoms with Crippen molar-refractivity contribution >= 4 is 27.2 Å². The minimum absolute atomic E-state index is 0.0295. The molecule has 0 aliphatic carbocycles. The molecule has 1 heterocycles. The van der Waals surface area contributed by atoms with Crippen LogP contribution >= 0.6 is 0 Å². The molecule has 0 N–H and O–H groups in total. The molecule has 0 bridgehead atoms. The molecule has 1 amide bonds. The van der Waals surface area contributed by atoms with E-state index in [1.54, 1.807) is 13.0 Å². The first kappa shape index (κ1) is 15.7. The molecule has 1 aromatic rings. The maximum atomic E-state index is 12.1. The second-order valence-corrected chi connectivity index (χ2v) is 7.83. The van der Waals surface area contributed by atoms with Crippen molar-refractivity contribution in [3.05, 3.63) is 28.8 Å². The van der Waals surface area contributed by atoms with Gasteiger partial charge in [-0.15, -0.1) is 0 Å². The van der Waals surface area contributed by atoms with E-state index in [1.165, 1.54) is 4.90 Å². The first-order valence-corrected chi connectivity index (χ1v) is 8.77. The Labute approximate surface area is 124 Å². The first-order valence-electron chi connectivity index (χ1n) is 6.94. The molecular formula is C15H19NO4S. The summed E-state index contributed by atoms with van der Waals surface area (Å²) < 4.78 is 23.0. The van der Waals surface area contributed by atoms with E-state index < -0.39 is 21.5 Å². The van der Waals surface area contributed by atoms with Crippen LogP contribution in [0.2, 0.25) is 0 Å². The van der Waals surface area contributed by atoms with Crippen LogP contribution < -0.4 is 4.90 Å². The molecule has 21 heavy (non-hydrogen) atoms. The highest BCUT2D eigenvalue weighted by atomic mass is 32.2. The van der Waals surface area contributed by atoms with Gasteiger partial charge in [-0.25, -0.2) is 8.42 Å². The van der Waals surface area contributed by atoms with Gasteiger partial charge >= 0.3 is 0 Å². The van der Waals surface area contributed by atoms with Crippen LogP contribution in [0.1, 0.15) is 34.8 Å². The molecule has 0 unspecified atom stereocenters. The molecule has 0 saturated carbocycles. The van der Waals surface area contributed by atoms with Gasteiger partial charge in [0.15, 0.2) is 0 Å². The third kappa shape index (κ3) is 3.00. The SMILES string of the molecule is CCS(=O)(=O)CCCN1C(=O)C(=O)c2cc(C)cc(C)c21. The fraction of sp³-hybridized carbons (Fsp3) is 0.467. The summed E-state index contributed by atoms with van der Waals surface area (Å²) in [5, 5.41) is 0. The number of Topliss-reactive ketones (excluding diaryl/α,β-unsaturated/α-hetero) is 1. The van der Waals surface area contributed by atoms with E-state index in [4.69, 9.17) is 0 Å². The quantitative estimate of drug-likeness (QED) is 0.776. The molecule has 0 spiro atoms. The minimum atomic E-state index is -3.06. The highest BCUT2D eigenvalue weighted by Crippen LogP contribution is 2.33. The van der Waals surface area contributed by atoms with Gasteiger partial charge in [-0.2, -0.15) is 0 Å². The fourth-order valence-electron chi connectivity index (χ4n) is 2.63. The largest absolute Gasteiger partial charge is 0.304 e. The number of nitrogens with zero attached hydrogens (tertiary/aromatic N) is 1. The van der Waals surface area contributed by atoms with Crippen molar-refractivity contribution in [3.8, 4) is 0 Å². The highest BCUT2D eigenvalue weighted by Gasteiger charge is 2.36. The second-order valence-electron chi connectivity index (χ2n) is 5.35. The Balaban J connectivity index is 2.24. The molecular weight excluding hydrogens is 290 g/mol. The van der Waals surface area contributed by atoms with Gasteiger partial charge in [-0.1, -0.05) is 13.0 Å². The number of ketones is 1. The average molecular weight is 309 g/mol. The molecule has 0 saturated heterocycles. The Morgan fingerprint density at radius 2 is 1.81 bits per heavy atom. The molecule has 0 radical (unpaired) electrons. The zero-order chi connectivity index (χ0) is 15.8. The van der Waals surface area contributed by atoms with E-state index >= 15 is 0 Å². The highest BCUT2D eigenvalue weighted by molar-refractivity contribution is 7.91. The van der Waals surface area contributed by atoms with Gasteiger partial charge in [-0.05, 0) is 37.5 Å². The number of fused-ring (bicyclic) bond motifs is 1. The average Bonchev–Trinajstić information content (AvgIpc) is 2.64. The Hall–Kier alpha value is -1.69. The van der Waals surface area contributed by atoms with Crippen LogP contribution in [0.25, 0.3) is 0 Å². The summed E-state index contributed by atoms with van der Waals surface area (Å²) in [6.07, 6.45) is 0.335. The number of sulfone groups is 1. The molecule has 5 nitrogen and oxygen atoms in total. The molecule has 2 rings (SSSR count). The van der Waals surface area contributed by atoms with Crippen LogP contribution in [-0.4, -0.2) is 38.2 Å². The standard InChI is InChI=1S/C15H19NO4S/c1-4-21(19,20)7-5-6-16-13-11(3)8-10(2)9-12(13)14(17)15(16)18/h8-9H,4-7H2,1-3H3. The number of rotatable bonds is 5. The first-order chi connectivity index (χ1) is 9.76. The van der Waals surface area contributed by atoms with Gasteiger partial charge in [0.05, 0.1) is 17.0 Å². The van der Waals surface area contributed by atoms with Crippen LogP contribution in [0.5, 0.6) is 0 Å². The molecule has 114 valence electrons. The van der Waals surface area contributed by atoms with Crippen molar-refractivity contribution < 1.29 is 18.0 Å². The summed E-state index contributed by atoms with van der Waals surface area (Å²) in [5.41, 5.74) is 2.85. The van der Waals surface area contributed by atoms with Gasteiger partial charge in [-0.3, -0.25) is 9.59 Å². The number of anilines is 1. The monoisotopic (exact) mass is 309 g/mol. The maximum absolute atomic E-state index is 12.1. The van der Waals surface area contributed by atoms with Crippen LogP contribution in [-0.2, 0) is 14.6 Å². The van der Waals surface area contributed by atoms with Gasteiger partial charge < -0.3 is 4.90 Å². The van der Waals surface area contributed by atoms with Crippen LogP contribution in [0.15, 0.2) is 12.1 Å². The van der Waals surface area contributed by atoms with Gasteiger partial charge in [0, 0.05) is 12.3 Å². The van der Waals surface area contributed by atoms with Crippen molar-refractivity contribution in [1.29, 1.82) is 0 Å². The van der Waals surface area contributed by atoms with Crippen molar-refractivity contribution in [2.45, 2.75) is 27.2 Å². The fourth-order valence-corrected chi connectivity index (χ4v) is 3.49. The minimum Gasteiger partial charge on any atom is -0.304 e. The lowest BCUT2D eigenvalue weighted by Gasteiger charge is -2.18. The number of carbonyl (C=O) groups is 2. The van der Waals surface area contributed by atoms with Crippen molar-refractivity contribution in [2.75, 3.05) is 23.0 Å². The molecule has 1 aromatic carbocycles. The number of aryl methyl sites for hydroxylation is 2. The second kappa shape index (κ2) is 5.60. The number of benzene rings is 1. The molecule has 0 atom stereocenters. The van der Waals surface area contributed by atoms with E-state index in [0.717, 1.165) is 11.1 Å². The smallest absolute Gasteiger partial charge is 0.299 e. The maximum Gasteiger partial charge on any atom is 0.299 e. The Morgan fingerprint density at radius 3 is 2.43 bits per heavy atom. The van der Waals surface area contributed by atoms with Crippen LogP contribution in [0.4, 0.5) is 5.69 Å². The lowest BCUT2D eigenvalue weighted by atomic mass is 10.0. The third-order valence-corrected chi connectivity index (χ3v) is 5.47. The Kier molecular flexibility index (Phi) is 4.18. The van der Waals surface area contributed by atoms with Crippen molar-refractivity contribution in [1.82, 2.24) is 0 Å². The summed E-state index contributed by atoms with van der Waals surface area (Å²) in [4.78, 5) is 25.5. The van der Waals surface area contributed by atoms with Gasteiger partial charge in [0.1, 0.15) is 9.84 Å². The molecule has 0 fully saturated rings. The predicted molar refractivity (Wildman–Crippen MR) is 81.5 cm³/mol.